The van der Waals surface area contributed by atoms with Crippen LogP contribution in [0.15, 0.2) is 24.3 Å². The summed E-state index contributed by atoms with van der Waals surface area (Å²) in [5.41, 5.74) is 2.33. The van der Waals surface area contributed by atoms with Gasteiger partial charge in [0.05, 0.1) is 5.41 Å². The first-order valence-electron chi connectivity index (χ1n) is 8.72. The number of piperidine rings is 1. The van der Waals surface area contributed by atoms with Crippen molar-refractivity contribution in [3.8, 4) is 0 Å². The van der Waals surface area contributed by atoms with Crippen LogP contribution in [0.1, 0.15) is 38.7 Å². The Morgan fingerprint density at radius 2 is 2.09 bits per heavy atom. The van der Waals surface area contributed by atoms with Crippen molar-refractivity contribution in [3.63, 3.8) is 0 Å². The van der Waals surface area contributed by atoms with Gasteiger partial charge in [0.25, 0.3) is 0 Å². The Bertz CT molecular complexity index is 529. The van der Waals surface area contributed by atoms with Crippen LogP contribution in [0.3, 0.4) is 0 Å². The average molecular weight is 317 g/mol. The smallest absolute Gasteiger partial charge is 0.227 e. The van der Waals surface area contributed by atoms with E-state index in [-0.39, 0.29) is 11.3 Å². The molecule has 1 heterocycles. The molecule has 128 valence electrons. The number of benzene rings is 1. The lowest BCUT2D eigenvalue weighted by Gasteiger charge is -2.39. The van der Waals surface area contributed by atoms with Crippen molar-refractivity contribution in [2.75, 3.05) is 38.6 Å². The number of anilines is 1. The summed E-state index contributed by atoms with van der Waals surface area (Å²) in [6.07, 6.45) is 3.05. The summed E-state index contributed by atoms with van der Waals surface area (Å²) in [4.78, 5) is 17.1. The molecule has 1 aromatic rings. The van der Waals surface area contributed by atoms with E-state index in [0.717, 1.165) is 45.4 Å². The lowest BCUT2D eigenvalue weighted by molar-refractivity contribution is -0.133. The van der Waals surface area contributed by atoms with Crippen LogP contribution in [0.25, 0.3) is 0 Å². The molecule has 1 aromatic carbocycles. The van der Waals surface area contributed by atoms with Gasteiger partial charge in [0.2, 0.25) is 5.91 Å². The van der Waals surface area contributed by atoms with E-state index in [1.54, 1.807) is 0 Å². The third kappa shape index (κ3) is 4.47. The molecular formula is C19H31N3O. The zero-order valence-electron chi connectivity index (χ0n) is 15.1. The van der Waals surface area contributed by atoms with Gasteiger partial charge in [0.1, 0.15) is 0 Å². The summed E-state index contributed by atoms with van der Waals surface area (Å²) in [5, 5.41) is 3.08. The molecule has 0 radical (unpaired) electrons. The highest BCUT2D eigenvalue weighted by atomic mass is 16.2. The predicted molar refractivity (Wildman–Crippen MR) is 96.7 cm³/mol. The van der Waals surface area contributed by atoms with Gasteiger partial charge in [0.15, 0.2) is 0 Å². The first-order chi connectivity index (χ1) is 11.0. The summed E-state index contributed by atoms with van der Waals surface area (Å²) in [5.74, 6) is 0.213. The number of likely N-dealkylation sites (tertiary alicyclic amines) is 1. The van der Waals surface area contributed by atoms with Crippen LogP contribution in [0.4, 0.5) is 5.69 Å². The van der Waals surface area contributed by atoms with E-state index in [1.807, 2.05) is 0 Å². The molecule has 4 heteroatoms. The van der Waals surface area contributed by atoms with Crippen LogP contribution in [-0.2, 0) is 11.3 Å². The number of carbonyl (C=O) groups excluding carboxylic acids is 1. The van der Waals surface area contributed by atoms with Gasteiger partial charge >= 0.3 is 0 Å². The Labute approximate surface area is 140 Å². The minimum absolute atomic E-state index is 0.213. The summed E-state index contributed by atoms with van der Waals surface area (Å²) in [6.45, 7) is 7.79. The molecule has 4 nitrogen and oxygen atoms in total. The monoisotopic (exact) mass is 317 g/mol. The molecule has 23 heavy (non-hydrogen) atoms. The lowest BCUT2D eigenvalue weighted by Crippen LogP contribution is -2.50. The van der Waals surface area contributed by atoms with E-state index >= 15 is 0 Å². The summed E-state index contributed by atoms with van der Waals surface area (Å²) in [7, 11) is 4.16. The maximum atomic E-state index is 12.5. The van der Waals surface area contributed by atoms with E-state index in [0.29, 0.717) is 0 Å². The molecule has 1 amide bonds. The van der Waals surface area contributed by atoms with Crippen LogP contribution in [-0.4, -0.2) is 44.5 Å². The molecule has 0 aliphatic carbocycles. The summed E-state index contributed by atoms with van der Waals surface area (Å²) < 4.78 is 0. The molecule has 1 saturated heterocycles. The normalized spacial score (nSPS) is 21.9. The highest BCUT2D eigenvalue weighted by Gasteiger charge is 2.37. The van der Waals surface area contributed by atoms with Crippen LogP contribution >= 0.6 is 0 Å². The second-order valence-corrected chi connectivity index (χ2v) is 7.15. The molecule has 0 spiro atoms. The maximum Gasteiger partial charge on any atom is 0.227 e. The fourth-order valence-corrected chi connectivity index (χ4v) is 3.44. The number of carbonyl (C=O) groups is 1. The Balaban J connectivity index is 2.06. The van der Waals surface area contributed by atoms with Crippen LogP contribution in [0.2, 0.25) is 0 Å². The second-order valence-electron chi connectivity index (χ2n) is 7.15. The van der Waals surface area contributed by atoms with Gasteiger partial charge in [0, 0.05) is 39.4 Å². The van der Waals surface area contributed by atoms with Crippen LogP contribution < -0.4 is 10.2 Å². The van der Waals surface area contributed by atoms with Crippen LogP contribution in [0.5, 0.6) is 0 Å². The number of amides is 1. The number of nitrogens with zero attached hydrogens (tertiary/aromatic N) is 2. The third-order valence-corrected chi connectivity index (χ3v) is 4.73. The minimum atomic E-state index is -0.263. The average Bonchev–Trinajstić information content (AvgIpc) is 2.53. The molecule has 1 aliphatic rings. The maximum absolute atomic E-state index is 12.5. The zero-order chi connectivity index (χ0) is 16.9. The number of nitrogens with one attached hydrogen (secondary N) is 1. The van der Waals surface area contributed by atoms with Gasteiger partial charge < -0.3 is 10.2 Å². The first-order valence-corrected chi connectivity index (χ1v) is 8.72. The molecule has 2 rings (SSSR count). The Hall–Kier alpha value is -1.55. The van der Waals surface area contributed by atoms with Gasteiger partial charge in [-0.15, -0.1) is 0 Å². The summed E-state index contributed by atoms with van der Waals surface area (Å²) >= 11 is 0. The van der Waals surface area contributed by atoms with Gasteiger partial charge in [-0.05, 0) is 44.4 Å². The number of hydrogen-bond acceptors (Lipinski definition) is 3. The van der Waals surface area contributed by atoms with Gasteiger partial charge in [-0.2, -0.15) is 0 Å². The fourth-order valence-electron chi connectivity index (χ4n) is 3.44. The molecule has 1 fully saturated rings. The van der Waals surface area contributed by atoms with Crippen molar-refractivity contribution in [2.45, 2.75) is 39.7 Å². The minimum Gasteiger partial charge on any atom is -0.377 e. The highest BCUT2D eigenvalue weighted by molar-refractivity contribution is 5.82. The van der Waals surface area contributed by atoms with Crippen LogP contribution in [0, 0.1) is 5.41 Å². The van der Waals surface area contributed by atoms with E-state index < -0.39 is 0 Å². The largest absolute Gasteiger partial charge is 0.377 e. The lowest BCUT2D eigenvalue weighted by atomic mass is 9.80. The molecule has 1 aliphatic heterocycles. The third-order valence-electron chi connectivity index (χ3n) is 4.73. The van der Waals surface area contributed by atoms with Crippen molar-refractivity contribution >= 4 is 11.6 Å². The van der Waals surface area contributed by atoms with E-state index in [9.17, 15) is 4.79 Å². The Morgan fingerprint density at radius 3 is 2.78 bits per heavy atom. The molecule has 0 aromatic heterocycles. The molecule has 1 unspecified atom stereocenters. The Morgan fingerprint density at radius 1 is 1.35 bits per heavy atom. The molecule has 1 N–H and O–H groups in total. The molecule has 0 bridgehead atoms. The van der Waals surface area contributed by atoms with Gasteiger partial charge in [-0.25, -0.2) is 0 Å². The van der Waals surface area contributed by atoms with E-state index in [2.05, 4.69) is 67.3 Å². The van der Waals surface area contributed by atoms with E-state index in [1.165, 1.54) is 11.3 Å². The van der Waals surface area contributed by atoms with Gasteiger partial charge in [-0.3, -0.25) is 9.69 Å². The predicted octanol–water partition coefficient (Wildman–Crippen LogP) is 2.88. The van der Waals surface area contributed by atoms with Crippen molar-refractivity contribution in [1.29, 1.82) is 0 Å². The second kappa shape index (κ2) is 7.82. The topological polar surface area (TPSA) is 35.6 Å². The van der Waals surface area contributed by atoms with E-state index in [4.69, 9.17) is 0 Å². The van der Waals surface area contributed by atoms with Crippen molar-refractivity contribution in [3.05, 3.63) is 29.8 Å². The van der Waals surface area contributed by atoms with Gasteiger partial charge in [-0.1, -0.05) is 25.1 Å². The Kier molecular flexibility index (Phi) is 6.05. The molecule has 0 saturated carbocycles. The zero-order valence-corrected chi connectivity index (χ0v) is 15.1. The first kappa shape index (κ1) is 17.8. The van der Waals surface area contributed by atoms with Crippen molar-refractivity contribution in [1.82, 2.24) is 10.2 Å². The number of hydrogen-bond donors (Lipinski definition) is 1. The summed E-state index contributed by atoms with van der Waals surface area (Å²) in [6, 6.07) is 8.53. The number of rotatable bonds is 6. The van der Waals surface area contributed by atoms with Crippen molar-refractivity contribution in [2.24, 2.45) is 5.41 Å². The highest BCUT2D eigenvalue weighted by Crippen LogP contribution is 2.31. The fraction of sp³-hybridized carbons (Fsp3) is 0.632. The molecule has 1 atom stereocenters. The SMILES string of the molecule is CCCNC(=O)C1(C)CCCN(Cc2ccccc2N(C)C)C1. The standard InChI is InChI=1S/C19H31N3O/c1-5-12-20-18(23)19(2)11-8-13-22(15-19)14-16-9-6-7-10-17(16)21(3)4/h6-7,9-10H,5,8,11-15H2,1-4H3,(H,20,23). The molecular weight excluding hydrogens is 286 g/mol. The number of para-hydroxylation sites is 1. The van der Waals surface area contributed by atoms with Crippen molar-refractivity contribution < 1.29 is 4.79 Å². The quantitative estimate of drug-likeness (QED) is 0.876.